The Labute approximate surface area is 128 Å². The maximum Gasteiger partial charge on any atom is -0.0533 e. The molecule has 0 saturated carbocycles. The lowest BCUT2D eigenvalue weighted by molar-refractivity contribution is 0.532. The lowest BCUT2D eigenvalue weighted by atomic mass is 10.0. The van der Waals surface area contributed by atoms with Gasteiger partial charge < -0.3 is 12.6 Å². The van der Waals surface area contributed by atoms with Crippen molar-refractivity contribution < 1.29 is 0 Å². The van der Waals surface area contributed by atoms with E-state index in [2.05, 4.69) is 6.92 Å². The average Bonchev–Trinajstić information content (AvgIpc) is 2.43. The first-order valence-electron chi connectivity index (χ1n) is 9.00. The van der Waals surface area contributed by atoms with Crippen LogP contribution in [0.1, 0.15) is 110 Å². The van der Waals surface area contributed by atoms with Crippen LogP contribution in [0.5, 0.6) is 0 Å². The third kappa shape index (κ3) is 18.4. The van der Waals surface area contributed by atoms with Crippen LogP contribution in [0.3, 0.4) is 0 Å². The fraction of sp³-hybridized carbons (Fsp3) is 1.00. The normalized spacial score (nSPS) is 11.1. The molecule has 0 aromatic heterocycles. The zero-order valence-electron chi connectivity index (χ0n) is 13.4. The van der Waals surface area contributed by atoms with E-state index < -0.39 is 0 Å². The van der Waals surface area contributed by atoms with Crippen molar-refractivity contribution in [3.05, 3.63) is 0 Å². The molecule has 0 bridgehead atoms. The Hall–Kier alpha value is 0.350. The highest BCUT2D eigenvalue weighted by Crippen LogP contribution is 2.13. The first-order valence-corrected chi connectivity index (χ1v) is 9.57. The van der Waals surface area contributed by atoms with Crippen molar-refractivity contribution in [1.29, 1.82) is 0 Å². The van der Waals surface area contributed by atoms with E-state index in [-0.39, 0.29) is 0 Å². The molecule has 0 nitrogen and oxygen atoms in total. The highest BCUT2D eigenvalue weighted by Gasteiger charge is 1.93. The standard InChI is InChI=1S/C18H38S/c1-2-3-4-5-6-7-8-9-10-11-12-13-14-15-16-17-18-19/h19H,2-18H2,1H3/p-1. The summed E-state index contributed by atoms with van der Waals surface area (Å²) in [5.41, 5.74) is 0. The molecule has 116 valence electrons. The molecule has 0 fully saturated rings. The lowest BCUT2D eigenvalue weighted by Crippen LogP contribution is -1.84. The number of hydrogen-bond donors (Lipinski definition) is 0. The molecule has 0 aromatic rings. The van der Waals surface area contributed by atoms with Crippen LogP contribution >= 0.6 is 0 Å². The van der Waals surface area contributed by atoms with Crippen molar-refractivity contribution in [2.24, 2.45) is 0 Å². The molecule has 0 saturated heterocycles. The first kappa shape index (κ1) is 19.4. The van der Waals surface area contributed by atoms with E-state index >= 15 is 0 Å². The summed E-state index contributed by atoms with van der Waals surface area (Å²) in [6.07, 6.45) is 23.0. The smallest absolute Gasteiger partial charge is 0.0533 e. The summed E-state index contributed by atoms with van der Waals surface area (Å²) in [7, 11) is 0. The molecule has 0 aliphatic heterocycles. The minimum absolute atomic E-state index is 0.957. The fourth-order valence-electron chi connectivity index (χ4n) is 2.65. The predicted molar refractivity (Wildman–Crippen MR) is 91.8 cm³/mol. The van der Waals surface area contributed by atoms with Gasteiger partial charge in [0, 0.05) is 0 Å². The molecule has 0 spiro atoms. The molecule has 0 aliphatic carbocycles. The van der Waals surface area contributed by atoms with E-state index in [1.54, 1.807) is 0 Å². The molecule has 0 atom stereocenters. The van der Waals surface area contributed by atoms with Crippen LogP contribution in [0.2, 0.25) is 0 Å². The van der Waals surface area contributed by atoms with E-state index in [1.165, 1.54) is 103 Å². The quantitative estimate of drug-likeness (QED) is 0.222. The van der Waals surface area contributed by atoms with E-state index in [0.717, 1.165) is 5.75 Å². The zero-order valence-corrected chi connectivity index (χ0v) is 14.2. The van der Waals surface area contributed by atoms with E-state index in [1.807, 2.05) is 0 Å². The van der Waals surface area contributed by atoms with Gasteiger partial charge in [-0.2, -0.15) is 5.75 Å². The second-order valence-corrected chi connectivity index (χ2v) is 6.42. The second kappa shape index (κ2) is 18.4. The molecule has 0 unspecified atom stereocenters. The van der Waals surface area contributed by atoms with Gasteiger partial charge in [-0.05, 0) is 0 Å². The first-order chi connectivity index (χ1) is 9.41. The van der Waals surface area contributed by atoms with E-state index in [9.17, 15) is 0 Å². The Kier molecular flexibility index (Phi) is 18.7. The van der Waals surface area contributed by atoms with E-state index in [0.29, 0.717) is 0 Å². The summed E-state index contributed by atoms with van der Waals surface area (Å²) in [5, 5.41) is 0. The highest BCUT2D eigenvalue weighted by atomic mass is 32.1. The summed E-state index contributed by atoms with van der Waals surface area (Å²) < 4.78 is 0. The Balaban J connectivity index is 2.88. The number of rotatable bonds is 16. The molecule has 0 heterocycles. The molecule has 0 rings (SSSR count). The SMILES string of the molecule is CCCCCCCCCCCCCCCCCC[S-]. The molecule has 0 amide bonds. The summed E-state index contributed by atoms with van der Waals surface area (Å²) in [5.74, 6) is 0.957. The van der Waals surface area contributed by atoms with Crippen LogP contribution in [0, 0.1) is 0 Å². The molecular formula is C18H37S-. The fourth-order valence-corrected chi connectivity index (χ4v) is 2.85. The third-order valence-corrected chi connectivity index (χ3v) is 4.29. The molecule has 0 radical (unpaired) electrons. The van der Waals surface area contributed by atoms with Gasteiger partial charge in [-0.25, -0.2) is 0 Å². The van der Waals surface area contributed by atoms with Gasteiger partial charge in [0.1, 0.15) is 0 Å². The molecule has 0 N–H and O–H groups in total. The molecule has 1 heteroatoms. The minimum atomic E-state index is 0.957. The van der Waals surface area contributed by atoms with Crippen LogP contribution < -0.4 is 0 Å². The van der Waals surface area contributed by atoms with Crippen molar-refractivity contribution in [3.63, 3.8) is 0 Å². The highest BCUT2D eigenvalue weighted by molar-refractivity contribution is 7.58. The van der Waals surface area contributed by atoms with Crippen LogP contribution in [-0.4, -0.2) is 5.75 Å². The van der Waals surface area contributed by atoms with Crippen molar-refractivity contribution in [1.82, 2.24) is 0 Å². The van der Waals surface area contributed by atoms with Gasteiger partial charge in [0.2, 0.25) is 0 Å². The molecular weight excluding hydrogens is 248 g/mol. The van der Waals surface area contributed by atoms with Crippen LogP contribution in [0.4, 0.5) is 0 Å². The van der Waals surface area contributed by atoms with Gasteiger partial charge in [-0.3, -0.25) is 0 Å². The van der Waals surface area contributed by atoms with Gasteiger partial charge in [-0.15, -0.1) is 0 Å². The van der Waals surface area contributed by atoms with Gasteiger partial charge in [0.15, 0.2) is 0 Å². The molecule has 0 aliphatic rings. The monoisotopic (exact) mass is 285 g/mol. The Morgan fingerprint density at radius 2 is 0.684 bits per heavy atom. The molecule has 0 aromatic carbocycles. The maximum atomic E-state index is 4.95. The Bertz CT molecular complexity index is 129. The zero-order chi connectivity index (χ0) is 14.0. The van der Waals surface area contributed by atoms with Crippen molar-refractivity contribution in [2.45, 2.75) is 110 Å². The van der Waals surface area contributed by atoms with Crippen LogP contribution in [0.25, 0.3) is 0 Å². The predicted octanol–water partition coefficient (Wildman–Crippen LogP) is 6.79. The summed E-state index contributed by atoms with van der Waals surface area (Å²) >= 11 is 4.95. The third-order valence-electron chi connectivity index (χ3n) is 4.00. The minimum Gasteiger partial charge on any atom is -0.793 e. The Morgan fingerprint density at radius 3 is 0.947 bits per heavy atom. The summed E-state index contributed by atoms with van der Waals surface area (Å²) in [4.78, 5) is 0. The second-order valence-electron chi connectivity index (χ2n) is 6.01. The van der Waals surface area contributed by atoms with Gasteiger partial charge in [0.05, 0.1) is 0 Å². The Morgan fingerprint density at radius 1 is 0.421 bits per heavy atom. The maximum absolute atomic E-state index is 4.95. The number of hydrogen-bond acceptors (Lipinski definition) is 1. The van der Waals surface area contributed by atoms with Gasteiger partial charge >= 0.3 is 0 Å². The lowest BCUT2D eigenvalue weighted by Gasteiger charge is -2.04. The number of unbranched alkanes of at least 4 members (excludes halogenated alkanes) is 15. The largest absolute Gasteiger partial charge is 0.793 e. The van der Waals surface area contributed by atoms with E-state index in [4.69, 9.17) is 12.6 Å². The van der Waals surface area contributed by atoms with Gasteiger partial charge in [-0.1, -0.05) is 110 Å². The van der Waals surface area contributed by atoms with Crippen LogP contribution in [0.15, 0.2) is 0 Å². The molecule has 19 heavy (non-hydrogen) atoms. The summed E-state index contributed by atoms with van der Waals surface area (Å²) in [6.45, 7) is 2.29. The topological polar surface area (TPSA) is 0 Å². The van der Waals surface area contributed by atoms with Gasteiger partial charge in [0.25, 0.3) is 0 Å². The van der Waals surface area contributed by atoms with Crippen molar-refractivity contribution >= 4 is 12.6 Å². The average molecular weight is 286 g/mol. The van der Waals surface area contributed by atoms with Crippen LogP contribution in [-0.2, 0) is 12.6 Å². The summed E-state index contributed by atoms with van der Waals surface area (Å²) in [6, 6.07) is 0. The van der Waals surface area contributed by atoms with Crippen molar-refractivity contribution in [3.8, 4) is 0 Å². The van der Waals surface area contributed by atoms with Crippen molar-refractivity contribution in [2.75, 3.05) is 5.75 Å².